The molecule has 0 fully saturated rings. The molecule has 4 aromatic rings. The molecule has 1 amide bonds. The predicted molar refractivity (Wildman–Crippen MR) is 133 cm³/mol. The van der Waals surface area contributed by atoms with Gasteiger partial charge in [0.25, 0.3) is 5.91 Å². The first-order valence-electron chi connectivity index (χ1n) is 9.37. The van der Waals surface area contributed by atoms with E-state index < -0.39 is 0 Å². The van der Waals surface area contributed by atoms with Crippen molar-refractivity contribution in [2.45, 2.75) is 5.03 Å². The number of hydrogen-bond acceptors (Lipinski definition) is 6. The van der Waals surface area contributed by atoms with Crippen LogP contribution >= 0.6 is 34.7 Å². The highest BCUT2D eigenvalue weighted by Crippen LogP contribution is 2.32. The summed E-state index contributed by atoms with van der Waals surface area (Å²) in [5, 5.41) is 9.71. The van der Waals surface area contributed by atoms with Crippen LogP contribution in [0.1, 0.15) is 10.4 Å². The highest BCUT2D eigenvalue weighted by atomic mass is 35.5. The van der Waals surface area contributed by atoms with Crippen LogP contribution in [0.15, 0.2) is 71.2 Å². The molecule has 2 N–H and O–H groups in total. The number of thioether (sulfide) groups is 1. The molecule has 2 aromatic heterocycles. The molecule has 2 heterocycles. The minimum absolute atomic E-state index is 0.250. The molecule has 158 valence electrons. The van der Waals surface area contributed by atoms with Crippen LogP contribution in [0.25, 0.3) is 16.1 Å². The molecule has 2 aromatic carbocycles. The van der Waals surface area contributed by atoms with Gasteiger partial charge in [0.05, 0.1) is 17.8 Å². The van der Waals surface area contributed by atoms with E-state index in [4.69, 9.17) is 18.2 Å². The summed E-state index contributed by atoms with van der Waals surface area (Å²) in [6.07, 6.45) is 3.54. The van der Waals surface area contributed by atoms with Gasteiger partial charge >= 0.3 is 0 Å². The summed E-state index contributed by atoms with van der Waals surface area (Å²) in [6, 6.07) is 16.2. The third-order valence-corrected chi connectivity index (χ3v) is 6.10. The summed E-state index contributed by atoms with van der Waals surface area (Å²) in [6.45, 7) is 7.05. The number of anilines is 3. The lowest BCUT2D eigenvalue weighted by Crippen LogP contribution is -2.13. The van der Waals surface area contributed by atoms with E-state index in [1.165, 1.54) is 23.1 Å². The normalized spacial score (nSPS) is 10.4. The number of carbonyl (C=O) groups excluding carboxylic acids is 1. The van der Waals surface area contributed by atoms with Gasteiger partial charge in [-0.05, 0) is 48.7 Å². The van der Waals surface area contributed by atoms with Crippen molar-refractivity contribution in [1.82, 2.24) is 9.97 Å². The van der Waals surface area contributed by atoms with Gasteiger partial charge in [-0.2, -0.15) is 0 Å². The Morgan fingerprint density at radius 1 is 1.16 bits per heavy atom. The Balaban J connectivity index is 1.53. The predicted octanol–water partition coefficient (Wildman–Crippen LogP) is 7.13. The number of carbonyl (C=O) groups is 1. The first-order chi connectivity index (χ1) is 15.6. The second-order valence-electron chi connectivity index (χ2n) is 6.56. The number of pyridine rings is 1. The minimum atomic E-state index is -0.250. The second-order valence-corrected chi connectivity index (χ2v) is 8.65. The standard InChI is InChI=1S/C23H16ClN5OS2/c1-25-16-5-7-17(8-6-16)27-18-11-14(10-15(24)12-18)20-13-32-23(28-20)29-21(30)19-4-3-9-26-22(19)31-2/h3-13,27H,2H3,(H,28,29,30). The summed E-state index contributed by atoms with van der Waals surface area (Å²) in [7, 11) is 0. The number of hydrogen-bond donors (Lipinski definition) is 2. The first kappa shape index (κ1) is 21.8. The van der Waals surface area contributed by atoms with E-state index in [2.05, 4.69) is 25.4 Å². The van der Waals surface area contributed by atoms with Crippen LogP contribution in [0.2, 0.25) is 5.02 Å². The van der Waals surface area contributed by atoms with E-state index in [1.54, 1.807) is 30.5 Å². The molecule has 0 radical (unpaired) electrons. The Labute approximate surface area is 198 Å². The number of benzene rings is 2. The fourth-order valence-electron chi connectivity index (χ4n) is 2.95. The van der Waals surface area contributed by atoms with Gasteiger partial charge in [-0.15, -0.1) is 23.1 Å². The van der Waals surface area contributed by atoms with E-state index in [-0.39, 0.29) is 5.91 Å². The van der Waals surface area contributed by atoms with Gasteiger partial charge in [0.2, 0.25) is 0 Å². The van der Waals surface area contributed by atoms with Crippen LogP contribution < -0.4 is 10.6 Å². The number of thiazole rings is 1. The van der Waals surface area contributed by atoms with Gasteiger partial charge in [-0.1, -0.05) is 23.7 Å². The van der Waals surface area contributed by atoms with Crippen molar-refractivity contribution < 1.29 is 4.79 Å². The number of amides is 1. The summed E-state index contributed by atoms with van der Waals surface area (Å²) in [5.74, 6) is -0.250. The van der Waals surface area contributed by atoms with Crippen LogP contribution in [0.4, 0.5) is 22.2 Å². The zero-order chi connectivity index (χ0) is 22.5. The Morgan fingerprint density at radius 3 is 2.72 bits per heavy atom. The molecule has 4 rings (SSSR count). The molecule has 0 bridgehead atoms. The summed E-state index contributed by atoms with van der Waals surface area (Å²) >= 11 is 9.09. The summed E-state index contributed by atoms with van der Waals surface area (Å²) < 4.78 is 0. The average molecular weight is 478 g/mol. The van der Waals surface area contributed by atoms with Crippen molar-refractivity contribution in [2.24, 2.45) is 0 Å². The van der Waals surface area contributed by atoms with E-state index in [1.807, 2.05) is 42.0 Å². The van der Waals surface area contributed by atoms with Gasteiger partial charge in [0.1, 0.15) is 5.03 Å². The van der Waals surface area contributed by atoms with Crippen LogP contribution in [0.5, 0.6) is 0 Å². The molecule has 0 spiro atoms. The molecule has 0 aliphatic carbocycles. The fraction of sp³-hybridized carbons (Fsp3) is 0.0435. The molecule has 0 aliphatic rings. The fourth-order valence-corrected chi connectivity index (χ4v) is 4.45. The van der Waals surface area contributed by atoms with Gasteiger partial charge in [0.15, 0.2) is 10.8 Å². The van der Waals surface area contributed by atoms with E-state index in [0.29, 0.717) is 32.1 Å². The number of rotatable bonds is 6. The van der Waals surface area contributed by atoms with Crippen molar-refractivity contribution in [3.8, 4) is 11.3 Å². The molecule has 32 heavy (non-hydrogen) atoms. The number of halogens is 1. The van der Waals surface area contributed by atoms with Crippen molar-refractivity contribution in [3.63, 3.8) is 0 Å². The maximum Gasteiger partial charge on any atom is 0.260 e. The SMILES string of the molecule is [C-]#[N+]c1ccc(Nc2cc(Cl)cc(-c3csc(NC(=O)c4cccnc4SC)n3)c2)cc1. The lowest BCUT2D eigenvalue weighted by molar-refractivity contribution is 0.102. The Morgan fingerprint density at radius 2 is 1.97 bits per heavy atom. The molecule has 0 saturated carbocycles. The minimum Gasteiger partial charge on any atom is -0.356 e. The molecular formula is C23H16ClN5OS2. The van der Waals surface area contributed by atoms with E-state index in [9.17, 15) is 4.79 Å². The quantitative estimate of drug-likeness (QED) is 0.228. The third-order valence-electron chi connectivity index (χ3n) is 4.41. The molecular weight excluding hydrogens is 462 g/mol. The van der Waals surface area contributed by atoms with Crippen LogP contribution in [-0.2, 0) is 0 Å². The average Bonchev–Trinajstić information content (AvgIpc) is 3.27. The number of nitrogens with zero attached hydrogens (tertiary/aromatic N) is 3. The highest BCUT2D eigenvalue weighted by Gasteiger charge is 2.14. The van der Waals surface area contributed by atoms with Crippen LogP contribution in [0.3, 0.4) is 0 Å². The zero-order valence-corrected chi connectivity index (χ0v) is 19.2. The van der Waals surface area contributed by atoms with Crippen molar-refractivity contribution in [2.75, 3.05) is 16.9 Å². The molecule has 0 aliphatic heterocycles. The second kappa shape index (κ2) is 9.83. The first-order valence-corrected chi connectivity index (χ1v) is 11.9. The number of nitrogens with one attached hydrogen (secondary N) is 2. The summed E-state index contributed by atoms with van der Waals surface area (Å²) in [5.41, 5.74) is 4.25. The lowest BCUT2D eigenvalue weighted by atomic mass is 10.1. The molecule has 0 unspecified atom stereocenters. The monoisotopic (exact) mass is 477 g/mol. The van der Waals surface area contributed by atoms with Crippen molar-refractivity contribution in [1.29, 1.82) is 0 Å². The van der Waals surface area contributed by atoms with Crippen LogP contribution in [0, 0.1) is 6.57 Å². The Bertz CT molecular complexity index is 1310. The maximum absolute atomic E-state index is 12.6. The maximum atomic E-state index is 12.6. The van der Waals surface area contributed by atoms with Crippen molar-refractivity contribution >= 4 is 62.8 Å². The lowest BCUT2D eigenvalue weighted by Gasteiger charge is -2.09. The molecule has 0 atom stereocenters. The van der Waals surface area contributed by atoms with Gasteiger partial charge < -0.3 is 5.32 Å². The van der Waals surface area contributed by atoms with Crippen molar-refractivity contribution in [3.05, 3.63) is 88.2 Å². The third kappa shape index (κ3) is 5.08. The van der Waals surface area contributed by atoms with E-state index >= 15 is 0 Å². The smallest absolute Gasteiger partial charge is 0.260 e. The molecule has 0 saturated heterocycles. The van der Waals surface area contributed by atoms with Gasteiger partial charge in [-0.3, -0.25) is 10.1 Å². The summed E-state index contributed by atoms with van der Waals surface area (Å²) in [4.78, 5) is 24.8. The molecule has 9 heteroatoms. The Kier molecular flexibility index (Phi) is 6.71. The van der Waals surface area contributed by atoms with E-state index in [0.717, 1.165) is 16.9 Å². The highest BCUT2D eigenvalue weighted by molar-refractivity contribution is 7.98. The Hall–Kier alpha value is -3.38. The van der Waals surface area contributed by atoms with Crippen LogP contribution in [-0.4, -0.2) is 22.1 Å². The number of aromatic nitrogens is 2. The zero-order valence-electron chi connectivity index (χ0n) is 16.8. The van der Waals surface area contributed by atoms with Gasteiger partial charge in [-0.25, -0.2) is 14.8 Å². The largest absolute Gasteiger partial charge is 0.356 e. The topological polar surface area (TPSA) is 71.3 Å². The van der Waals surface area contributed by atoms with Gasteiger partial charge in [0, 0.05) is 33.5 Å². The molecule has 6 nitrogen and oxygen atoms in total.